The van der Waals surface area contributed by atoms with Gasteiger partial charge in [0.15, 0.2) is 0 Å². The molecule has 5 heteroatoms. The number of hydrogen-bond donors (Lipinski definition) is 0. The molecule has 10 heavy (non-hydrogen) atoms. The van der Waals surface area contributed by atoms with Gasteiger partial charge in [0.05, 0.1) is 5.75 Å². The zero-order valence-corrected chi connectivity index (χ0v) is 8.23. The highest BCUT2D eigenvalue weighted by Crippen LogP contribution is 2.01. The molecule has 0 amide bonds. The fourth-order valence-corrected chi connectivity index (χ4v) is 2.69. The molecule has 0 aromatic heterocycles. The van der Waals surface area contributed by atoms with Gasteiger partial charge < -0.3 is 0 Å². The lowest BCUT2D eigenvalue weighted by molar-refractivity contribution is 0.603. The topological polar surface area (TPSA) is 34.1 Å². The Kier molecular flexibility index (Phi) is 5.58. The minimum atomic E-state index is -2.77. The first kappa shape index (κ1) is 10.6. The van der Waals surface area contributed by atoms with E-state index in [0.29, 0.717) is 11.6 Å². The first-order valence-electron chi connectivity index (χ1n) is 2.87. The summed E-state index contributed by atoms with van der Waals surface area (Å²) in [6, 6.07) is 0. The molecule has 0 aromatic rings. The normalized spacial score (nSPS) is 11.8. The highest BCUT2D eigenvalue weighted by atomic mass is 35.5. The van der Waals surface area contributed by atoms with E-state index in [2.05, 4.69) is 0 Å². The lowest BCUT2D eigenvalue weighted by Gasteiger charge is -1.95. The largest absolute Gasteiger partial charge is 0.229 e. The molecule has 2 nitrogen and oxygen atoms in total. The van der Waals surface area contributed by atoms with Crippen LogP contribution in [0, 0.1) is 0 Å². The van der Waals surface area contributed by atoms with Crippen molar-refractivity contribution in [1.29, 1.82) is 0 Å². The number of hydrogen-bond acceptors (Lipinski definition) is 3. The fourth-order valence-electron chi connectivity index (χ4n) is 0.367. The predicted octanol–water partition coefficient (Wildman–Crippen LogP) is 1.00. The Bertz CT molecular complexity index is 164. The molecule has 0 aliphatic rings. The number of sulfone groups is 1. The van der Waals surface area contributed by atoms with E-state index in [1.165, 1.54) is 6.26 Å². The third-order valence-electron chi connectivity index (χ3n) is 0.820. The van der Waals surface area contributed by atoms with Crippen molar-refractivity contribution in [3.8, 4) is 0 Å². The predicted molar refractivity (Wildman–Crippen MR) is 47.8 cm³/mol. The smallest absolute Gasteiger partial charge is 0.148 e. The van der Waals surface area contributed by atoms with Crippen molar-refractivity contribution in [3.05, 3.63) is 0 Å². The van der Waals surface area contributed by atoms with Crippen LogP contribution in [-0.2, 0) is 9.84 Å². The quantitative estimate of drug-likeness (QED) is 0.493. The van der Waals surface area contributed by atoms with Gasteiger partial charge in [-0.15, -0.1) is 11.6 Å². The zero-order valence-electron chi connectivity index (χ0n) is 5.84. The monoisotopic (exact) mass is 202 g/mol. The van der Waals surface area contributed by atoms with E-state index in [-0.39, 0.29) is 5.75 Å². The molecule has 0 rings (SSSR count). The molecule has 0 N–H and O–H groups in total. The van der Waals surface area contributed by atoms with Gasteiger partial charge in [0, 0.05) is 23.6 Å². The highest BCUT2D eigenvalue weighted by molar-refractivity contribution is 8.00. The average molecular weight is 203 g/mol. The van der Waals surface area contributed by atoms with Crippen LogP contribution in [0.15, 0.2) is 0 Å². The van der Waals surface area contributed by atoms with Gasteiger partial charge in [-0.1, -0.05) is 0 Å². The lowest BCUT2D eigenvalue weighted by Crippen LogP contribution is -2.05. The lowest BCUT2D eigenvalue weighted by atomic mass is 10.9. The standard InChI is InChI=1S/C5H11ClO2S2/c1-10(7,8)5-4-9-3-2-6/h2-5H2,1H3. The fraction of sp³-hybridized carbons (Fsp3) is 1.00. The third-order valence-corrected chi connectivity index (χ3v) is 3.42. The molecule has 0 unspecified atom stereocenters. The van der Waals surface area contributed by atoms with Crippen molar-refractivity contribution < 1.29 is 8.42 Å². The van der Waals surface area contributed by atoms with Crippen LogP contribution in [0.2, 0.25) is 0 Å². The maximum atomic E-state index is 10.5. The summed E-state index contributed by atoms with van der Waals surface area (Å²) in [5.41, 5.74) is 0. The van der Waals surface area contributed by atoms with Gasteiger partial charge in [-0.25, -0.2) is 8.42 Å². The van der Waals surface area contributed by atoms with E-state index in [0.717, 1.165) is 5.75 Å². The van der Waals surface area contributed by atoms with Gasteiger partial charge in [-0.05, 0) is 0 Å². The molecular formula is C5H11ClO2S2. The van der Waals surface area contributed by atoms with Gasteiger partial charge in [-0.3, -0.25) is 0 Å². The van der Waals surface area contributed by atoms with Crippen molar-refractivity contribution in [2.45, 2.75) is 0 Å². The summed E-state index contributed by atoms with van der Waals surface area (Å²) in [6.45, 7) is 0. The molecule has 0 spiro atoms. The van der Waals surface area contributed by atoms with Crippen LogP contribution in [0.3, 0.4) is 0 Å². The van der Waals surface area contributed by atoms with Crippen molar-refractivity contribution in [3.63, 3.8) is 0 Å². The summed E-state index contributed by atoms with van der Waals surface area (Å²) in [6.07, 6.45) is 1.24. The van der Waals surface area contributed by atoms with E-state index in [4.69, 9.17) is 11.6 Å². The Labute approximate surface area is 71.3 Å². The summed E-state index contributed by atoms with van der Waals surface area (Å²) in [4.78, 5) is 0. The van der Waals surface area contributed by atoms with Crippen molar-refractivity contribution in [1.82, 2.24) is 0 Å². The van der Waals surface area contributed by atoms with Crippen molar-refractivity contribution >= 4 is 33.2 Å². The van der Waals surface area contributed by atoms with E-state index in [1.807, 2.05) is 0 Å². The molecule has 0 heterocycles. The van der Waals surface area contributed by atoms with Crippen molar-refractivity contribution in [2.75, 3.05) is 29.4 Å². The summed E-state index contributed by atoms with van der Waals surface area (Å²) in [5.74, 6) is 2.34. The number of halogens is 1. The SMILES string of the molecule is CS(=O)(=O)CCSCCCl. The minimum absolute atomic E-state index is 0.258. The van der Waals surface area contributed by atoms with Crippen LogP contribution in [0.25, 0.3) is 0 Å². The molecule has 0 fully saturated rings. The molecule has 0 radical (unpaired) electrons. The summed E-state index contributed by atoms with van der Waals surface area (Å²) < 4.78 is 21.1. The Morgan fingerprint density at radius 1 is 1.40 bits per heavy atom. The maximum absolute atomic E-state index is 10.5. The molecule has 0 atom stereocenters. The van der Waals surface area contributed by atoms with E-state index >= 15 is 0 Å². The molecule has 62 valence electrons. The molecule has 0 bridgehead atoms. The van der Waals surface area contributed by atoms with E-state index < -0.39 is 9.84 Å². The van der Waals surface area contributed by atoms with Crippen LogP contribution in [0.4, 0.5) is 0 Å². The minimum Gasteiger partial charge on any atom is -0.229 e. The second kappa shape index (κ2) is 5.27. The van der Waals surface area contributed by atoms with Gasteiger partial charge in [0.2, 0.25) is 0 Å². The van der Waals surface area contributed by atoms with Crippen LogP contribution >= 0.6 is 23.4 Å². The van der Waals surface area contributed by atoms with E-state index in [9.17, 15) is 8.42 Å². The van der Waals surface area contributed by atoms with Crippen LogP contribution in [-0.4, -0.2) is 37.8 Å². The number of rotatable bonds is 5. The number of alkyl halides is 1. The van der Waals surface area contributed by atoms with Crippen LogP contribution in [0.1, 0.15) is 0 Å². The van der Waals surface area contributed by atoms with Gasteiger partial charge in [-0.2, -0.15) is 11.8 Å². The Hall–Kier alpha value is 0.590. The maximum Gasteiger partial charge on any atom is 0.148 e. The molecule has 0 aliphatic heterocycles. The molecule has 0 saturated carbocycles. The zero-order chi connectivity index (χ0) is 8.04. The molecular weight excluding hydrogens is 192 g/mol. The van der Waals surface area contributed by atoms with Gasteiger partial charge >= 0.3 is 0 Å². The summed E-state index contributed by atoms with van der Waals surface area (Å²) >= 11 is 6.95. The summed E-state index contributed by atoms with van der Waals surface area (Å²) in [7, 11) is -2.77. The molecule has 0 aliphatic carbocycles. The Balaban J connectivity index is 3.21. The molecule has 0 saturated heterocycles. The van der Waals surface area contributed by atoms with Gasteiger partial charge in [0.25, 0.3) is 0 Å². The van der Waals surface area contributed by atoms with Gasteiger partial charge in [0.1, 0.15) is 9.84 Å². The average Bonchev–Trinajstić information content (AvgIpc) is 1.78. The summed E-state index contributed by atoms with van der Waals surface area (Å²) in [5, 5.41) is 0. The first-order valence-corrected chi connectivity index (χ1v) is 6.62. The van der Waals surface area contributed by atoms with E-state index in [1.54, 1.807) is 11.8 Å². The second-order valence-corrected chi connectivity index (χ2v) is 5.79. The van der Waals surface area contributed by atoms with Crippen LogP contribution < -0.4 is 0 Å². The van der Waals surface area contributed by atoms with Crippen LogP contribution in [0.5, 0.6) is 0 Å². The number of thioether (sulfide) groups is 1. The Morgan fingerprint density at radius 2 is 2.00 bits per heavy atom. The highest BCUT2D eigenvalue weighted by Gasteiger charge is 1.99. The Morgan fingerprint density at radius 3 is 2.40 bits per heavy atom. The molecule has 0 aromatic carbocycles. The van der Waals surface area contributed by atoms with Crippen molar-refractivity contribution in [2.24, 2.45) is 0 Å². The second-order valence-electron chi connectivity index (χ2n) is 1.93. The third kappa shape index (κ3) is 8.59. The first-order chi connectivity index (χ1) is 4.56.